The minimum absolute atomic E-state index is 0.610. The average Bonchev–Trinajstić information content (AvgIpc) is 2.60. The second-order valence-corrected chi connectivity index (χ2v) is 4.62. The summed E-state index contributed by atoms with van der Waals surface area (Å²) in [4.78, 5) is 6.15. The van der Waals surface area contributed by atoms with Gasteiger partial charge < -0.3 is 4.90 Å². The van der Waals surface area contributed by atoms with Gasteiger partial charge in [-0.15, -0.1) is 0 Å². The Morgan fingerprint density at radius 3 is 2.72 bits per heavy atom. The summed E-state index contributed by atoms with van der Waals surface area (Å²) in [6, 6.07) is 12.0. The Hall–Kier alpha value is -1.88. The van der Waals surface area contributed by atoms with E-state index in [1.54, 1.807) is 12.4 Å². The Balaban J connectivity index is 2.20. The molecule has 2 heterocycles. The molecule has 1 N–H and O–H groups in total. The van der Waals surface area contributed by atoms with Crippen LogP contribution in [0.2, 0.25) is 0 Å². The zero-order valence-corrected chi connectivity index (χ0v) is 11.1. The standard InChI is InChI=1S/C13H11BrN4/c14-13-11-3-1-2-4-12(11)17-16-9-18(13)10-5-7-15-8-6-10/h1-8,16H,9H2. The third-order valence-electron chi connectivity index (χ3n) is 2.77. The Labute approximate surface area is 113 Å². The van der Waals surface area contributed by atoms with Crippen molar-refractivity contribution in [2.24, 2.45) is 5.10 Å². The van der Waals surface area contributed by atoms with E-state index in [4.69, 9.17) is 0 Å². The Morgan fingerprint density at radius 2 is 1.89 bits per heavy atom. The van der Waals surface area contributed by atoms with Crippen LogP contribution in [0.5, 0.6) is 0 Å². The molecular formula is C13H11BrN4. The normalized spacial score (nSPS) is 14.3. The number of pyridine rings is 1. The number of benzene rings is 1. The molecule has 90 valence electrons. The van der Waals surface area contributed by atoms with E-state index in [1.165, 1.54) is 0 Å². The van der Waals surface area contributed by atoms with Crippen LogP contribution >= 0.6 is 15.9 Å². The predicted molar refractivity (Wildman–Crippen MR) is 74.3 cm³/mol. The Bertz CT molecular complexity index is 669. The number of rotatable bonds is 1. The van der Waals surface area contributed by atoms with Crippen LogP contribution < -0.4 is 20.9 Å². The van der Waals surface area contributed by atoms with Gasteiger partial charge in [-0.2, -0.15) is 5.10 Å². The predicted octanol–water partition coefficient (Wildman–Crippen LogP) is 1.14. The lowest BCUT2D eigenvalue weighted by Gasteiger charge is -2.22. The molecule has 1 aromatic carbocycles. The van der Waals surface area contributed by atoms with E-state index in [2.05, 4.69) is 36.3 Å². The van der Waals surface area contributed by atoms with E-state index in [0.717, 1.165) is 20.9 Å². The summed E-state index contributed by atoms with van der Waals surface area (Å²) < 4.78 is 0.998. The van der Waals surface area contributed by atoms with Gasteiger partial charge in [-0.3, -0.25) is 10.4 Å². The number of nitrogens with zero attached hydrogens (tertiary/aromatic N) is 3. The van der Waals surface area contributed by atoms with Crippen LogP contribution in [0.15, 0.2) is 53.9 Å². The molecule has 0 bridgehead atoms. The van der Waals surface area contributed by atoms with Crippen LogP contribution in [-0.4, -0.2) is 11.7 Å². The van der Waals surface area contributed by atoms with Gasteiger partial charge in [-0.1, -0.05) is 18.2 Å². The zero-order valence-electron chi connectivity index (χ0n) is 9.55. The molecule has 18 heavy (non-hydrogen) atoms. The smallest absolute Gasteiger partial charge is 0.109 e. The second kappa shape index (κ2) is 4.78. The second-order valence-electron chi connectivity index (χ2n) is 3.87. The van der Waals surface area contributed by atoms with Crippen molar-refractivity contribution in [1.29, 1.82) is 0 Å². The number of hydrogen-bond donors (Lipinski definition) is 1. The van der Waals surface area contributed by atoms with E-state index in [1.807, 2.05) is 36.4 Å². The van der Waals surface area contributed by atoms with Gasteiger partial charge in [-0.05, 0) is 34.1 Å². The maximum atomic E-state index is 4.35. The molecule has 2 aromatic rings. The molecule has 0 radical (unpaired) electrons. The van der Waals surface area contributed by atoms with Crippen molar-refractivity contribution < 1.29 is 0 Å². The molecule has 0 aliphatic carbocycles. The number of para-hydroxylation sites is 1. The SMILES string of the molecule is BrC1=c2ccccc2=NNCN1c1ccncc1. The molecule has 0 fully saturated rings. The van der Waals surface area contributed by atoms with Gasteiger partial charge >= 0.3 is 0 Å². The molecule has 0 spiro atoms. The number of nitrogens with one attached hydrogen (secondary N) is 1. The van der Waals surface area contributed by atoms with Crippen LogP contribution in [-0.2, 0) is 0 Å². The first kappa shape index (κ1) is 11.2. The van der Waals surface area contributed by atoms with Gasteiger partial charge in [0.05, 0.1) is 9.96 Å². The molecule has 1 aliphatic heterocycles. The summed E-state index contributed by atoms with van der Waals surface area (Å²) in [5, 5.41) is 6.36. The molecular weight excluding hydrogens is 292 g/mol. The zero-order chi connectivity index (χ0) is 12.4. The lowest BCUT2D eigenvalue weighted by atomic mass is 10.3. The highest BCUT2D eigenvalue weighted by molar-refractivity contribution is 9.15. The van der Waals surface area contributed by atoms with E-state index in [0.29, 0.717) is 6.67 Å². The topological polar surface area (TPSA) is 40.5 Å². The number of aromatic nitrogens is 1. The van der Waals surface area contributed by atoms with Crippen LogP contribution in [0.1, 0.15) is 0 Å². The molecule has 1 aromatic heterocycles. The van der Waals surface area contributed by atoms with Crippen LogP contribution in [0.25, 0.3) is 4.61 Å². The van der Waals surface area contributed by atoms with Crippen LogP contribution in [0.4, 0.5) is 5.69 Å². The van der Waals surface area contributed by atoms with E-state index < -0.39 is 0 Å². The molecule has 1 aliphatic rings. The van der Waals surface area contributed by atoms with Gasteiger partial charge in [0.15, 0.2) is 0 Å². The van der Waals surface area contributed by atoms with Crippen molar-refractivity contribution in [2.45, 2.75) is 0 Å². The molecule has 4 nitrogen and oxygen atoms in total. The van der Waals surface area contributed by atoms with E-state index >= 15 is 0 Å². The highest BCUT2D eigenvalue weighted by atomic mass is 79.9. The average molecular weight is 303 g/mol. The summed E-state index contributed by atoms with van der Waals surface area (Å²) >= 11 is 3.66. The third kappa shape index (κ3) is 1.97. The van der Waals surface area contributed by atoms with E-state index in [-0.39, 0.29) is 0 Å². The molecule has 0 atom stereocenters. The fourth-order valence-electron chi connectivity index (χ4n) is 1.88. The van der Waals surface area contributed by atoms with Crippen molar-refractivity contribution >= 4 is 26.2 Å². The summed E-state index contributed by atoms with van der Waals surface area (Å²) in [5.74, 6) is 0. The largest absolute Gasteiger partial charge is 0.316 e. The maximum absolute atomic E-state index is 4.35. The fraction of sp³-hybridized carbons (Fsp3) is 0.0769. The molecule has 0 saturated heterocycles. The third-order valence-corrected chi connectivity index (χ3v) is 3.62. The summed E-state index contributed by atoms with van der Waals surface area (Å²) in [6.45, 7) is 0.610. The lowest BCUT2D eigenvalue weighted by molar-refractivity contribution is 0.731. The molecule has 0 saturated carbocycles. The van der Waals surface area contributed by atoms with Crippen LogP contribution in [0, 0.1) is 0 Å². The molecule has 3 rings (SSSR count). The van der Waals surface area contributed by atoms with Gasteiger partial charge in [0.25, 0.3) is 0 Å². The van der Waals surface area contributed by atoms with Crippen molar-refractivity contribution in [1.82, 2.24) is 10.4 Å². The quantitative estimate of drug-likeness (QED) is 0.803. The highest BCUT2D eigenvalue weighted by Crippen LogP contribution is 2.21. The summed E-state index contributed by atoms with van der Waals surface area (Å²) in [5.41, 5.74) is 4.13. The number of hydrogen-bond acceptors (Lipinski definition) is 4. The number of halogens is 1. The van der Waals surface area contributed by atoms with Crippen molar-refractivity contribution in [3.63, 3.8) is 0 Å². The fourth-order valence-corrected chi connectivity index (χ4v) is 2.55. The maximum Gasteiger partial charge on any atom is 0.109 e. The van der Waals surface area contributed by atoms with Crippen molar-refractivity contribution in [3.8, 4) is 0 Å². The molecule has 5 heteroatoms. The minimum atomic E-state index is 0.610. The lowest BCUT2D eigenvalue weighted by Crippen LogP contribution is -2.30. The van der Waals surface area contributed by atoms with Crippen molar-refractivity contribution in [2.75, 3.05) is 11.6 Å². The minimum Gasteiger partial charge on any atom is -0.316 e. The van der Waals surface area contributed by atoms with Crippen LogP contribution in [0.3, 0.4) is 0 Å². The Morgan fingerprint density at radius 1 is 1.11 bits per heavy atom. The summed E-state index contributed by atoms with van der Waals surface area (Å²) in [6.07, 6.45) is 3.56. The van der Waals surface area contributed by atoms with Gasteiger partial charge in [-0.25, -0.2) is 0 Å². The number of anilines is 1. The highest BCUT2D eigenvalue weighted by Gasteiger charge is 2.12. The molecule has 0 unspecified atom stereocenters. The first-order valence-corrected chi connectivity index (χ1v) is 6.38. The first-order chi connectivity index (χ1) is 8.86. The van der Waals surface area contributed by atoms with Crippen molar-refractivity contribution in [3.05, 3.63) is 59.4 Å². The number of fused-ring (bicyclic) bond motifs is 1. The van der Waals surface area contributed by atoms with Gasteiger partial charge in [0.1, 0.15) is 6.67 Å². The van der Waals surface area contributed by atoms with E-state index in [9.17, 15) is 0 Å². The first-order valence-electron chi connectivity index (χ1n) is 5.59. The monoisotopic (exact) mass is 302 g/mol. The summed E-state index contributed by atoms with van der Waals surface area (Å²) in [7, 11) is 0. The van der Waals surface area contributed by atoms with Gasteiger partial charge in [0, 0.05) is 23.3 Å². The van der Waals surface area contributed by atoms with Gasteiger partial charge in [0.2, 0.25) is 0 Å². The molecule has 0 amide bonds. The Kier molecular flexibility index (Phi) is 2.98.